The van der Waals surface area contributed by atoms with E-state index >= 15 is 4.39 Å². The van der Waals surface area contributed by atoms with Crippen LogP contribution in [0.25, 0.3) is 22.4 Å². The monoisotopic (exact) mass is 658 g/mol. The average Bonchev–Trinajstić information content (AvgIpc) is 3.65. The van der Waals surface area contributed by atoms with E-state index in [2.05, 4.69) is 14.7 Å². The predicted octanol–water partition coefficient (Wildman–Crippen LogP) is 6.14. The van der Waals surface area contributed by atoms with Gasteiger partial charge in [-0.25, -0.2) is 9.97 Å². The topological polar surface area (TPSA) is 122 Å². The molecular formula is C32H33F3N4O6S. The summed E-state index contributed by atoms with van der Waals surface area (Å²) >= 11 is 0.651. The highest BCUT2D eigenvalue weighted by molar-refractivity contribution is 7.14. The first-order chi connectivity index (χ1) is 22.2. The number of carbonyl (C=O) groups excluding carboxylic acids is 2. The molecule has 1 N–H and O–H groups in total. The third kappa shape index (κ3) is 7.17. The van der Waals surface area contributed by atoms with Crippen molar-refractivity contribution in [3.05, 3.63) is 41.7 Å². The summed E-state index contributed by atoms with van der Waals surface area (Å²) in [5.41, 5.74) is 0.941. The molecule has 2 aromatic heterocycles. The maximum absolute atomic E-state index is 15.9. The number of alkyl halides is 2. The molecule has 4 heterocycles. The Labute approximate surface area is 267 Å². The lowest BCUT2D eigenvalue weighted by Crippen LogP contribution is -2.40. The van der Waals surface area contributed by atoms with Gasteiger partial charge in [0.2, 0.25) is 16.9 Å². The molecule has 1 aromatic carbocycles. The molecule has 1 aliphatic carbocycles. The van der Waals surface area contributed by atoms with Crippen molar-refractivity contribution >= 4 is 40.1 Å². The van der Waals surface area contributed by atoms with E-state index in [1.807, 2.05) is 0 Å². The fourth-order valence-corrected chi connectivity index (χ4v) is 7.02. The van der Waals surface area contributed by atoms with Crippen molar-refractivity contribution in [2.45, 2.75) is 64.0 Å². The third-order valence-electron chi connectivity index (χ3n) is 8.54. The average molecular weight is 659 g/mol. The third-order valence-corrected chi connectivity index (χ3v) is 9.38. The zero-order chi connectivity index (χ0) is 32.4. The second kappa shape index (κ2) is 13.8. The van der Waals surface area contributed by atoms with Crippen molar-refractivity contribution in [2.24, 2.45) is 11.8 Å². The summed E-state index contributed by atoms with van der Waals surface area (Å²) < 4.78 is 52.2. The molecule has 244 valence electrons. The number of halogens is 3. The van der Waals surface area contributed by atoms with Crippen LogP contribution >= 0.6 is 11.3 Å². The van der Waals surface area contributed by atoms with E-state index in [4.69, 9.17) is 4.74 Å². The fourth-order valence-electron chi connectivity index (χ4n) is 6.13. The molecule has 46 heavy (non-hydrogen) atoms. The number of anilines is 2. The van der Waals surface area contributed by atoms with Crippen LogP contribution in [0.5, 0.6) is 5.75 Å². The number of nitrogens with zero attached hydrogens (tertiary/aromatic N) is 4. The van der Waals surface area contributed by atoms with Gasteiger partial charge in [-0.3, -0.25) is 24.2 Å². The van der Waals surface area contributed by atoms with Gasteiger partial charge in [0.1, 0.15) is 17.3 Å². The first kappa shape index (κ1) is 31.9. The number of pyridine rings is 1. The lowest BCUT2D eigenvalue weighted by Gasteiger charge is -2.29. The summed E-state index contributed by atoms with van der Waals surface area (Å²) in [6.45, 7) is -1.45. The molecule has 0 bridgehead atoms. The van der Waals surface area contributed by atoms with Crippen LogP contribution in [0.15, 0.2) is 36.5 Å². The van der Waals surface area contributed by atoms with Crippen LogP contribution in [0.3, 0.4) is 0 Å². The van der Waals surface area contributed by atoms with Gasteiger partial charge in [0, 0.05) is 55.5 Å². The number of carboxylic acids is 1. The van der Waals surface area contributed by atoms with Crippen LogP contribution in [-0.4, -0.2) is 65.3 Å². The van der Waals surface area contributed by atoms with Gasteiger partial charge in [-0.1, -0.05) is 11.3 Å². The van der Waals surface area contributed by atoms with Crippen molar-refractivity contribution in [1.29, 1.82) is 0 Å². The summed E-state index contributed by atoms with van der Waals surface area (Å²) in [5, 5.41) is 8.96. The fraction of sp³-hybridized carbons (Fsp3) is 0.469. The van der Waals surface area contributed by atoms with Gasteiger partial charge in [-0.15, -0.1) is 0 Å². The molecule has 0 radical (unpaired) electrons. The van der Waals surface area contributed by atoms with E-state index in [9.17, 15) is 28.3 Å². The lowest BCUT2D eigenvalue weighted by atomic mass is 9.86. The number of carboxylic acid groups (broad SMARTS) is 1. The molecule has 3 aromatic rings. The smallest absolute Gasteiger partial charge is 0.387 e. The minimum absolute atomic E-state index is 0.0281. The van der Waals surface area contributed by atoms with Crippen LogP contribution in [0.2, 0.25) is 0 Å². The second-order valence-corrected chi connectivity index (χ2v) is 12.7. The van der Waals surface area contributed by atoms with E-state index in [-0.39, 0.29) is 46.4 Å². The Balaban J connectivity index is 1.34. The molecule has 2 saturated heterocycles. The highest BCUT2D eigenvalue weighted by atomic mass is 32.1. The Hall–Kier alpha value is -4.04. The number of rotatable bonds is 12. The molecule has 6 rings (SSSR count). The van der Waals surface area contributed by atoms with Crippen molar-refractivity contribution in [1.82, 2.24) is 9.97 Å². The van der Waals surface area contributed by atoms with Crippen LogP contribution < -0.4 is 14.5 Å². The minimum Gasteiger partial charge on any atom is -0.481 e. The number of aromatic nitrogens is 2. The molecule has 14 heteroatoms. The van der Waals surface area contributed by atoms with Gasteiger partial charge in [-0.05, 0) is 80.3 Å². The van der Waals surface area contributed by atoms with E-state index in [0.717, 1.165) is 19.3 Å². The standard InChI is InChI=1S/C32H33F3N4O6S/c33-29-28(37-32(46-29)39(21-4-5-21)30(43)20(15-27(41)42)14-18-9-12-44-13-10-18)24-16-22(45-31(34)35)6-7-23(24)19-3-8-25(36-17-19)38-11-1-2-26(38)40/h3,6-8,16-18,20-21,31H,1-2,4-5,9-15H2,(H,41,42)/t20-/m1/s1. The molecule has 3 aliphatic rings. The highest BCUT2D eigenvalue weighted by Gasteiger charge is 2.40. The van der Waals surface area contributed by atoms with Gasteiger partial charge >= 0.3 is 12.6 Å². The largest absolute Gasteiger partial charge is 0.481 e. The SMILES string of the molecule is O=C(O)C[C@@H](CC1CCOCC1)C(=O)N(c1nc(-c2cc(OC(F)F)ccc2-c2ccc(N3CCCC3=O)nc2)c(F)s1)C1CC1. The van der Waals surface area contributed by atoms with Gasteiger partial charge in [0.05, 0.1) is 6.42 Å². The molecule has 1 saturated carbocycles. The van der Waals surface area contributed by atoms with E-state index in [1.54, 1.807) is 17.0 Å². The van der Waals surface area contributed by atoms with Gasteiger partial charge in [0.25, 0.3) is 0 Å². The van der Waals surface area contributed by atoms with E-state index in [0.29, 0.717) is 73.7 Å². The quantitative estimate of drug-likeness (QED) is 0.246. The minimum atomic E-state index is -3.11. The first-order valence-corrected chi connectivity index (χ1v) is 16.1. The Bertz CT molecular complexity index is 1590. The summed E-state index contributed by atoms with van der Waals surface area (Å²) in [6, 6.07) is 7.24. The van der Waals surface area contributed by atoms with Gasteiger partial charge in [-0.2, -0.15) is 13.2 Å². The molecule has 3 fully saturated rings. The zero-order valence-electron chi connectivity index (χ0n) is 24.9. The normalized spacial score (nSPS) is 17.8. The van der Waals surface area contributed by atoms with Crippen LogP contribution in [0.4, 0.5) is 24.1 Å². The van der Waals surface area contributed by atoms with E-state index < -0.39 is 29.5 Å². The summed E-state index contributed by atoms with van der Waals surface area (Å²) in [6.07, 6.45) is 5.50. The molecule has 1 atom stereocenters. The maximum atomic E-state index is 15.9. The molecule has 2 amide bonds. The number of hydrogen-bond donors (Lipinski definition) is 1. The highest BCUT2D eigenvalue weighted by Crippen LogP contribution is 2.43. The van der Waals surface area contributed by atoms with E-state index in [1.165, 1.54) is 29.3 Å². The lowest BCUT2D eigenvalue weighted by molar-refractivity contribution is -0.141. The number of benzene rings is 1. The Morgan fingerprint density at radius 2 is 1.91 bits per heavy atom. The van der Waals surface area contributed by atoms with Crippen molar-refractivity contribution in [3.8, 4) is 28.1 Å². The maximum Gasteiger partial charge on any atom is 0.387 e. The zero-order valence-corrected chi connectivity index (χ0v) is 25.7. The Morgan fingerprint density at radius 3 is 2.54 bits per heavy atom. The van der Waals surface area contributed by atoms with Crippen molar-refractivity contribution in [2.75, 3.05) is 29.6 Å². The predicted molar refractivity (Wildman–Crippen MR) is 163 cm³/mol. The Kier molecular flexibility index (Phi) is 9.54. The number of aliphatic carboxylic acids is 1. The van der Waals surface area contributed by atoms with Gasteiger partial charge < -0.3 is 14.6 Å². The summed E-state index contributed by atoms with van der Waals surface area (Å²) in [4.78, 5) is 49.9. The van der Waals surface area contributed by atoms with Crippen LogP contribution in [-0.2, 0) is 19.1 Å². The molecule has 0 unspecified atom stereocenters. The number of carbonyl (C=O) groups is 3. The molecule has 0 spiro atoms. The number of amides is 2. The van der Waals surface area contributed by atoms with Crippen LogP contribution in [0.1, 0.15) is 51.4 Å². The second-order valence-electron chi connectivity index (χ2n) is 11.8. The Morgan fingerprint density at radius 1 is 1.13 bits per heavy atom. The van der Waals surface area contributed by atoms with Crippen molar-refractivity contribution in [3.63, 3.8) is 0 Å². The number of thiazole rings is 1. The summed E-state index contributed by atoms with van der Waals surface area (Å²) in [7, 11) is 0. The van der Waals surface area contributed by atoms with Crippen LogP contribution in [0, 0.1) is 17.0 Å². The van der Waals surface area contributed by atoms with Gasteiger partial charge in [0.15, 0.2) is 5.13 Å². The molecule has 10 nitrogen and oxygen atoms in total. The summed E-state index contributed by atoms with van der Waals surface area (Å²) in [5.74, 6) is -1.95. The number of hydrogen-bond acceptors (Lipinski definition) is 8. The molecule has 2 aliphatic heterocycles. The van der Waals surface area contributed by atoms with Crippen molar-refractivity contribution < 1.29 is 42.1 Å². The first-order valence-electron chi connectivity index (χ1n) is 15.3. The molecular weight excluding hydrogens is 625 g/mol. The number of ether oxygens (including phenoxy) is 2.